The van der Waals surface area contributed by atoms with Crippen LogP contribution in [-0.4, -0.2) is 24.0 Å². The highest BCUT2D eigenvalue weighted by Gasteiger charge is 2.23. The molecule has 3 rings (SSSR count). The first-order chi connectivity index (χ1) is 10.1. The normalized spacial score (nSPS) is 14.4. The Morgan fingerprint density at radius 1 is 1.24 bits per heavy atom. The minimum Gasteiger partial charge on any atom is -0.491 e. The zero-order valence-electron chi connectivity index (χ0n) is 11.8. The van der Waals surface area contributed by atoms with E-state index in [-0.39, 0.29) is 11.7 Å². The molecule has 1 aliphatic heterocycles. The van der Waals surface area contributed by atoms with Crippen molar-refractivity contribution in [3.63, 3.8) is 0 Å². The summed E-state index contributed by atoms with van der Waals surface area (Å²) in [6.07, 6.45) is 0. The van der Waals surface area contributed by atoms with Crippen molar-refractivity contribution in [2.75, 3.05) is 13.2 Å². The molecule has 0 bridgehead atoms. The monoisotopic (exact) mass is 285 g/mol. The Morgan fingerprint density at radius 2 is 2.05 bits per heavy atom. The lowest BCUT2D eigenvalue weighted by Gasteiger charge is -2.21. The summed E-state index contributed by atoms with van der Waals surface area (Å²) >= 11 is 0. The van der Waals surface area contributed by atoms with Crippen LogP contribution in [0.15, 0.2) is 42.5 Å². The van der Waals surface area contributed by atoms with Crippen molar-refractivity contribution in [2.45, 2.75) is 13.5 Å². The lowest BCUT2D eigenvalue weighted by Crippen LogP contribution is -2.32. The number of para-hydroxylation sites is 1. The van der Waals surface area contributed by atoms with Gasteiger partial charge < -0.3 is 9.64 Å². The second kappa shape index (κ2) is 5.56. The van der Waals surface area contributed by atoms with E-state index in [0.29, 0.717) is 31.0 Å². The average molecular weight is 285 g/mol. The smallest absolute Gasteiger partial charge is 0.258 e. The molecule has 1 amide bonds. The van der Waals surface area contributed by atoms with Gasteiger partial charge in [0.2, 0.25) is 0 Å². The van der Waals surface area contributed by atoms with Crippen LogP contribution in [0.4, 0.5) is 4.39 Å². The molecule has 0 saturated heterocycles. The van der Waals surface area contributed by atoms with E-state index in [1.54, 1.807) is 23.1 Å². The Bertz CT molecular complexity index is 684. The van der Waals surface area contributed by atoms with Crippen molar-refractivity contribution >= 4 is 5.91 Å². The van der Waals surface area contributed by atoms with E-state index >= 15 is 0 Å². The number of carbonyl (C=O) groups excluding carboxylic acids is 1. The van der Waals surface area contributed by atoms with Gasteiger partial charge in [-0.15, -0.1) is 0 Å². The van der Waals surface area contributed by atoms with Crippen LogP contribution in [-0.2, 0) is 6.54 Å². The maximum absolute atomic E-state index is 13.4. The van der Waals surface area contributed by atoms with E-state index in [1.807, 2.05) is 19.1 Å². The quantitative estimate of drug-likeness (QED) is 0.848. The van der Waals surface area contributed by atoms with Crippen LogP contribution in [0.2, 0.25) is 0 Å². The van der Waals surface area contributed by atoms with Gasteiger partial charge in [-0.05, 0) is 42.3 Å². The molecular weight excluding hydrogens is 269 g/mol. The summed E-state index contributed by atoms with van der Waals surface area (Å²) in [6, 6.07) is 11.9. The minimum absolute atomic E-state index is 0.0771. The second-order valence-corrected chi connectivity index (χ2v) is 5.14. The summed E-state index contributed by atoms with van der Waals surface area (Å²) in [4.78, 5) is 14.3. The number of ether oxygens (including phenoxy) is 1. The molecule has 0 atom stereocenters. The molecule has 0 spiro atoms. The van der Waals surface area contributed by atoms with Gasteiger partial charge in [-0.3, -0.25) is 4.79 Å². The lowest BCUT2D eigenvalue weighted by molar-refractivity contribution is 0.0742. The maximum Gasteiger partial charge on any atom is 0.258 e. The molecule has 21 heavy (non-hydrogen) atoms. The molecule has 0 saturated carbocycles. The highest BCUT2D eigenvalue weighted by atomic mass is 19.1. The number of halogens is 1. The van der Waals surface area contributed by atoms with E-state index in [0.717, 1.165) is 11.1 Å². The first-order valence-electron chi connectivity index (χ1n) is 6.91. The second-order valence-electron chi connectivity index (χ2n) is 5.14. The third-order valence-electron chi connectivity index (χ3n) is 3.70. The summed E-state index contributed by atoms with van der Waals surface area (Å²) < 4.78 is 19.0. The molecule has 108 valence electrons. The maximum atomic E-state index is 13.4. The van der Waals surface area contributed by atoms with Gasteiger partial charge >= 0.3 is 0 Å². The first-order valence-corrected chi connectivity index (χ1v) is 6.91. The number of nitrogens with zero attached hydrogens (tertiary/aromatic N) is 1. The number of hydrogen-bond donors (Lipinski definition) is 0. The molecular formula is C17H16FNO2. The van der Waals surface area contributed by atoms with Crippen LogP contribution in [0.1, 0.15) is 21.5 Å². The summed E-state index contributed by atoms with van der Waals surface area (Å²) in [6.45, 7) is 3.24. The van der Waals surface area contributed by atoms with Crippen molar-refractivity contribution in [1.82, 2.24) is 4.90 Å². The topological polar surface area (TPSA) is 29.5 Å². The largest absolute Gasteiger partial charge is 0.491 e. The molecule has 0 fully saturated rings. The molecule has 2 aromatic carbocycles. The number of amides is 1. The average Bonchev–Trinajstić information content (AvgIpc) is 2.64. The molecule has 0 aliphatic carbocycles. The van der Waals surface area contributed by atoms with E-state index < -0.39 is 0 Å². The van der Waals surface area contributed by atoms with Gasteiger partial charge in [-0.2, -0.15) is 0 Å². The molecule has 2 aromatic rings. The predicted molar refractivity (Wildman–Crippen MR) is 77.8 cm³/mol. The van der Waals surface area contributed by atoms with Crippen LogP contribution in [0.5, 0.6) is 5.75 Å². The van der Waals surface area contributed by atoms with Crippen molar-refractivity contribution in [1.29, 1.82) is 0 Å². The summed E-state index contributed by atoms with van der Waals surface area (Å²) in [7, 11) is 0. The molecule has 0 N–H and O–H groups in total. The van der Waals surface area contributed by atoms with E-state index in [2.05, 4.69) is 0 Å². The molecule has 4 heteroatoms. The number of rotatable bonds is 2. The van der Waals surface area contributed by atoms with Crippen molar-refractivity contribution in [3.05, 3.63) is 65.0 Å². The Hall–Kier alpha value is -2.36. The summed E-state index contributed by atoms with van der Waals surface area (Å²) in [5, 5.41) is 0. The first kappa shape index (κ1) is 13.6. The fraction of sp³-hybridized carbons (Fsp3) is 0.235. The highest BCUT2D eigenvalue weighted by molar-refractivity contribution is 5.97. The Kier molecular flexibility index (Phi) is 3.60. The predicted octanol–water partition coefficient (Wildman–Crippen LogP) is 3.17. The fourth-order valence-corrected chi connectivity index (χ4v) is 2.47. The molecule has 0 aromatic heterocycles. The van der Waals surface area contributed by atoms with Crippen LogP contribution in [0.3, 0.4) is 0 Å². The Labute approximate surface area is 123 Å². The van der Waals surface area contributed by atoms with E-state index in [9.17, 15) is 9.18 Å². The fourth-order valence-electron chi connectivity index (χ4n) is 2.47. The van der Waals surface area contributed by atoms with Gasteiger partial charge in [-0.25, -0.2) is 4.39 Å². The standard InChI is InChI=1S/C17H16FNO2/c1-12-6-7-14(18)10-13(12)11-19-8-9-21-16-5-3-2-4-15(16)17(19)20/h2-7,10H,8-9,11H2,1H3. The molecule has 0 radical (unpaired) electrons. The zero-order chi connectivity index (χ0) is 14.8. The third-order valence-corrected chi connectivity index (χ3v) is 3.70. The van der Waals surface area contributed by atoms with Crippen molar-refractivity contribution in [3.8, 4) is 5.75 Å². The van der Waals surface area contributed by atoms with Crippen LogP contribution in [0, 0.1) is 12.7 Å². The van der Waals surface area contributed by atoms with Gasteiger partial charge in [-0.1, -0.05) is 18.2 Å². The van der Waals surface area contributed by atoms with Gasteiger partial charge in [0.1, 0.15) is 18.2 Å². The molecule has 1 heterocycles. The van der Waals surface area contributed by atoms with Gasteiger partial charge in [0.25, 0.3) is 5.91 Å². The molecule has 3 nitrogen and oxygen atoms in total. The molecule has 0 unspecified atom stereocenters. The third kappa shape index (κ3) is 2.75. The highest BCUT2D eigenvalue weighted by Crippen LogP contribution is 2.24. The SMILES string of the molecule is Cc1ccc(F)cc1CN1CCOc2ccccc2C1=O. The number of hydrogen-bond acceptors (Lipinski definition) is 2. The number of benzene rings is 2. The summed E-state index contributed by atoms with van der Waals surface area (Å²) in [5.74, 6) is 0.252. The van der Waals surface area contributed by atoms with Gasteiger partial charge in [0.15, 0.2) is 0 Å². The Morgan fingerprint density at radius 3 is 2.90 bits per heavy atom. The summed E-state index contributed by atoms with van der Waals surface area (Å²) in [5.41, 5.74) is 2.36. The van der Waals surface area contributed by atoms with E-state index in [4.69, 9.17) is 4.74 Å². The van der Waals surface area contributed by atoms with Gasteiger partial charge in [0, 0.05) is 6.54 Å². The van der Waals surface area contributed by atoms with Crippen LogP contribution < -0.4 is 4.74 Å². The van der Waals surface area contributed by atoms with Gasteiger partial charge in [0.05, 0.1) is 12.1 Å². The van der Waals surface area contributed by atoms with Crippen LogP contribution in [0.25, 0.3) is 0 Å². The van der Waals surface area contributed by atoms with E-state index in [1.165, 1.54) is 12.1 Å². The number of aryl methyl sites for hydroxylation is 1. The van der Waals surface area contributed by atoms with Crippen molar-refractivity contribution in [2.24, 2.45) is 0 Å². The Balaban J connectivity index is 1.89. The number of fused-ring (bicyclic) bond motifs is 1. The lowest BCUT2D eigenvalue weighted by atomic mass is 10.1. The zero-order valence-corrected chi connectivity index (χ0v) is 11.8. The van der Waals surface area contributed by atoms with Crippen molar-refractivity contribution < 1.29 is 13.9 Å². The minimum atomic E-state index is -0.283. The number of carbonyl (C=O) groups is 1. The van der Waals surface area contributed by atoms with Crippen LogP contribution >= 0.6 is 0 Å². The molecule has 1 aliphatic rings.